The summed E-state index contributed by atoms with van der Waals surface area (Å²) < 4.78 is 11.2. The highest BCUT2D eigenvalue weighted by Crippen LogP contribution is 2.45. The number of amides is 3. The second kappa shape index (κ2) is 12.1. The van der Waals surface area contributed by atoms with Crippen LogP contribution >= 0.6 is 0 Å². The molecular formula is C26H41BN2O7Si. The van der Waals surface area contributed by atoms with Gasteiger partial charge in [0.15, 0.2) is 8.32 Å². The minimum Gasteiger partial charge on any atom is -0.447 e. The van der Waals surface area contributed by atoms with Gasteiger partial charge in [-0.15, -0.1) is 0 Å². The molecule has 0 saturated carbocycles. The lowest BCUT2D eigenvalue weighted by Gasteiger charge is -2.38. The van der Waals surface area contributed by atoms with Gasteiger partial charge in [0.1, 0.15) is 20.6 Å². The Balaban J connectivity index is 1.28. The van der Waals surface area contributed by atoms with E-state index in [9.17, 15) is 24.3 Å². The van der Waals surface area contributed by atoms with Crippen molar-refractivity contribution < 1.29 is 33.8 Å². The van der Waals surface area contributed by atoms with E-state index in [4.69, 9.17) is 9.47 Å². The molecule has 37 heavy (non-hydrogen) atoms. The van der Waals surface area contributed by atoms with Crippen LogP contribution in [0.3, 0.4) is 0 Å². The number of hydrogen-bond donors (Lipinski definition) is 3. The molecule has 0 aliphatic carbocycles. The molecule has 1 aromatic rings. The molecule has 11 heteroatoms. The van der Waals surface area contributed by atoms with Crippen molar-refractivity contribution in [2.24, 2.45) is 5.92 Å². The zero-order chi connectivity index (χ0) is 27.4. The molecule has 1 unspecified atom stereocenters. The molecule has 3 N–H and O–H groups in total. The summed E-state index contributed by atoms with van der Waals surface area (Å²) in [6, 6.07) is 6.68. The Morgan fingerprint density at radius 2 is 1.73 bits per heavy atom. The standard InChI is InChI=1S/C26H41BN2O7Si/c1-26(2,37(3,4)34)15-19-21(30)20(36-22(19)27)16-35-25(33)28-13-9-5-6-10-14-29-23(31)17-11-7-8-12-18(17)24(29)32/h7-8,11-12,19-22,30,34H,5-6,9-10,13-16,27H2,1-4H3,(H,28,33)/t19?,20-,21-,22-/m1/s1. The minimum atomic E-state index is -2.42. The first-order valence-corrected chi connectivity index (χ1v) is 16.2. The molecule has 1 aromatic carbocycles. The summed E-state index contributed by atoms with van der Waals surface area (Å²) >= 11 is 0. The Hall–Kier alpha value is -2.21. The quantitative estimate of drug-likeness (QED) is 0.214. The number of unbranched alkanes of at least 4 members (excludes halogenated alkanes) is 3. The van der Waals surface area contributed by atoms with E-state index in [1.54, 1.807) is 24.3 Å². The molecule has 4 atom stereocenters. The van der Waals surface area contributed by atoms with Crippen LogP contribution in [0, 0.1) is 5.92 Å². The highest BCUT2D eigenvalue weighted by molar-refractivity contribution is 6.72. The van der Waals surface area contributed by atoms with E-state index < -0.39 is 26.6 Å². The number of nitrogens with one attached hydrogen (secondary N) is 1. The molecule has 0 bridgehead atoms. The van der Waals surface area contributed by atoms with Crippen LogP contribution < -0.4 is 5.32 Å². The van der Waals surface area contributed by atoms with Crippen LogP contribution in [0.25, 0.3) is 0 Å². The van der Waals surface area contributed by atoms with Gasteiger partial charge < -0.3 is 24.7 Å². The minimum absolute atomic E-state index is 0.0332. The largest absolute Gasteiger partial charge is 0.447 e. The van der Waals surface area contributed by atoms with Crippen LogP contribution in [-0.4, -0.2) is 86.8 Å². The summed E-state index contributed by atoms with van der Waals surface area (Å²) in [4.78, 5) is 48.7. The average molecular weight is 533 g/mol. The lowest BCUT2D eigenvalue weighted by molar-refractivity contribution is -0.0114. The van der Waals surface area contributed by atoms with Crippen molar-refractivity contribution in [3.63, 3.8) is 0 Å². The Morgan fingerprint density at radius 3 is 2.32 bits per heavy atom. The first-order valence-electron chi connectivity index (χ1n) is 13.3. The van der Waals surface area contributed by atoms with Crippen molar-refractivity contribution in [2.45, 2.75) is 82.3 Å². The number of carbonyl (C=O) groups is 3. The van der Waals surface area contributed by atoms with Gasteiger partial charge >= 0.3 is 6.09 Å². The fraction of sp³-hybridized carbons (Fsp3) is 0.654. The normalized spacial score (nSPS) is 23.9. The fourth-order valence-corrected chi connectivity index (χ4v) is 5.60. The topological polar surface area (TPSA) is 125 Å². The van der Waals surface area contributed by atoms with Crippen molar-refractivity contribution in [1.29, 1.82) is 0 Å². The first-order chi connectivity index (χ1) is 17.3. The zero-order valence-corrected chi connectivity index (χ0v) is 23.7. The predicted molar refractivity (Wildman–Crippen MR) is 145 cm³/mol. The maximum absolute atomic E-state index is 12.4. The Labute approximate surface area is 221 Å². The van der Waals surface area contributed by atoms with Gasteiger partial charge in [-0.2, -0.15) is 0 Å². The van der Waals surface area contributed by atoms with Gasteiger partial charge in [-0.1, -0.05) is 38.8 Å². The molecule has 3 rings (SSSR count). The maximum Gasteiger partial charge on any atom is 0.407 e. The number of ether oxygens (including phenoxy) is 2. The van der Waals surface area contributed by atoms with Gasteiger partial charge in [-0.25, -0.2) is 4.79 Å². The Bertz CT molecular complexity index is 949. The van der Waals surface area contributed by atoms with Crippen LogP contribution in [0.15, 0.2) is 24.3 Å². The number of nitrogens with zero attached hydrogens (tertiary/aromatic N) is 1. The third-order valence-electron chi connectivity index (χ3n) is 8.05. The van der Waals surface area contributed by atoms with Crippen LogP contribution in [0.5, 0.6) is 0 Å². The van der Waals surface area contributed by atoms with E-state index in [1.807, 2.05) is 34.8 Å². The summed E-state index contributed by atoms with van der Waals surface area (Å²) in [6.07, 6.45) is 1.85. The third kappa shape index (κ3) is 7.01. The van der Waals surface area contributed by atoms with Crippen molar-refractivity contribution in [2.75, 3.05) is 19.7 Å². The third-order valence-corrected chi connectivity index (χ3v) is 11.6. The monoisotopic (exact) mass is 532 g/mol. The van der Waals surface area contributed by atoms with E-state index in [2.05, 4.69) is 5.32 Å². The van der Waals surface area contributed by atoms with Crippen molar-refractivity contribution >= 4 is 34.1 Å². The molecule has 0 aromatic heterocycles. The van der Waals surface area contributed by atoms with E-state index in [0.29, 0.717) is 37.1 Å². The molecule has 2 aliphatic rings. The number of aliphatic hydroxyl groups excluding tert-OH is 1. The molecule has 9 nitrogen and oxygen atoms in total. The summed E-state index contributed by atoms with van der Waals surface area (Å²) in [5.74, 6) is -0.597. The van der Waals surface area contributed by atoms with Gasteiger partial charge in [0.05, 0.1) is 17.2 Å². The molecule has 3 amide bonds. The number of imide groups is 1. The SMILES string of the molecule is B[C@@H]1O[C@H](COC(=O)NCCCCCCN2C(=O)c3ccccc3C2=O)[C@H](O)C1CC(C)(C)[Si](C)(C)O. The van der Waals surface area contributed by atoms with E-state index in [-0.39, 0.29) is 35.4 Å². The van der Waals surface area contributed by atoms with Gasteiger partial charge in [0.2, 0.25) is 0 Å². The summed E-state index contributed by atoms with van der Waals surface area (Å²) in [7, 11) is -0.511. The van der Waals surface area contributed by atoms with Crippen LogP contribution in [-0.2, 0) is 9.47 Å². The molecule has 1 fully saturated rings. The summed E-state index contributed by atoms with van der Waals surface area (Å²) in [5.41, 5.74) is 0.936. The van der Waals surface area contributed by atoms with Crippen LogP contribution in [0.1, 0.15) is 66.7 Å². The number of fused-ring (bicyclic) bond motifs is 1. The molecule has 0 spiro atoms. The smallest absolute Gasteiger partial charge is 0.407 e. The number of alkyl carbamates (subject to hydrolysis) is 1. The number of hydrogen-bond acceptors (Lipinski definition) is 7. The molecule has 0 radical (unpaired) electrons. The highest BCUT2D eigenvalue weighted by atomic mass is 28.4. The first kappa shape index (κ1) is 29.3. The number of rotatable bonds is 12. The molecular weight excluding hydrogens is 491 g/mol. The molecule has 2 aliphatic heterocycles. The second-order valence-electron chi connectivity index (χ2n) is 11.4. The fourth-order valence-electron chi connectivity index (χ4n) is 4.86. The molecule has 2 heterocycles. The number of benzene rings is 1. The zero-order valence-electron chi connectivity index (χ0n) is 22.7. The molecule has 204 valence electrons. The Morgan fingerprint density at radius 1 is 1.14 bits per heavy atom. The van der Waals surface area contributed by atoms with E-state index >= 15 is 0 Å². The lowest BCUT2D eigenvalue weighted by Crippen LogP contribution is -2.43. The highest BCUT2D eigenvalue weighted by Gasteiger charge is 2.48. The van der Waals surface area contributed by atoms with E-state index in [1.165, 1.54) is 4.90 Å². The summed E-state index contributed by atoms with van der Waals surface area (Å²) in [5, 5.41) is 13.2. The van der Waals surface area contributed by atoms with Crippen molar-refractivity contribution in [3.8, 4) is 0 Å². The van der Waals surface area contributed by atoms with Crippen LogP contribution in [0.2, 0.25) is 18.1 Å². The van der Waals surface area contributed by atoms with Gasteiger partial charge in [0.25, 0.3) is 11.8 Å². The van der Waals surface area contributed by atoms with Crippen LogP contribution in [0.4, 0.5) is 4.79 Å². The maximum atomic E-state index is 12.4. The van der Waals surface area contributed by atoms with Crippen molar-refractivity contribution in [3.05, 3.63) is 35.4 Å². The lowest BCUT2D eigenvalue weighted by atomic mass is 9.79. The number of aliphatic hydroxyl groups is 1. The van der Waals surface area contributed by atoms with Crippen molar-refractivity contribution in [1.82, 2.24) is 10.2 Å². The average Bonchev–Trinajstić information content (AvgIpc) is 3.23. The molecule has 1 saturated heterocycles. The predicted octanol–water partition coefficient (Wildman–Crippen LogP) is 2.27. The summed E-state index contributed by atoms with van der Waals surface area (Å²) in [6.45, 7) is 8.66. The van der Waals surface area contributed by atoms with E-state index in [0.717, 1.165) is 19.3 Å². The Kier molecular flexibility index (Phi) is 9.60. The van der Waals surface area contributed by atoms with Gasteiger partial charge in [-0.05, 0) is 49.5 Å². The number of carbonyl (C=O) groups excluding carboxylic acids is 3. The second-order valence-corrected chi connectivity index (χ2v) is 15.9. The van der Waals surface area contributed by atoms with Gasteiger partial charge in [0, 0.05) is 25.0 Å². The van der Waals surface area contributed by atoms with Gasteiger partial charge in [-0.3, -0.25) is 14.5 Å².